The Morgan fingerprint density at radius 1 is 1.14 bits per heavy atom. The molecule has 0 N–H and O–H groups in total. The lowest BCUT2D eigenvalue weighted by Crippen LogP contribution is -2.32. The van der Waals surface area contributed by atoms with E-state index in [2.05, 4.69) is 53.0 Å². The van der Waals surface area contributed by atoms with Gasteiger partial charge in [-0.2, -0.15) is 5.10 Å². The summed E-state index contributed by atoms with van der Waals surface area (Å²) in [4.78, 5) is 19.9. The number of carbonyl (C=O) groups is 1. The fraction of sp³-hybridized carbons (Fsp3) is 0.261. The molecule has 2 aliphatic rings. The number of rotatable bonds is 3. The quantitative estimate of drug-likeness (QED) is 0.531. The Kier molecular flexibility index (Phi) is 4.89. The second-order valence-corrected chi connectivity index (χ2v) is 9.63. The molecule has 1 amide bonds. The molecule has 3 aromatic heterocycles. The van der Waals surface area contributed by atoms with Crippen molar-refractivity contribution in [1.82, 2.24) is 9.99 Å². The topological polar surface area (TPSA) is 45.6 Å². The molecular weight excluding hydrogens is 398 g/mol. The van der Waals surface area contributed by atoms with Crippen molar-refractivity contribution in [3.63, 3.8) is 0 Å². The van der Waals surface area contributed by atoms with Crippen molar-refractivity contribution in [2.45, 2.75) is 25.8 Å². The predicted octanol–water partition coefficient (Wildman–Crippen LogP) is 5.89. The molecule has 3 aromatic rings. The van der Waals surface area contributed by atoms with Crippen LogP contribution in [0.5, 0.6) is 0 Å². The molecule has 0 aromatic carbocycles. The van der Waals surface area contributed by atoms with E-state index >= 15 is 0 Å². The van der Waals surface area contributed by atoms with E-state index in [0.717, 1.165) is 18.6 Å². The molecule has 0 spiro atoms. The summed E-state index contributed by atoms with van der Waals surface area (Å²) < 4.78 is 0. The average molecular weight is 420 g/mol. The lowest BCUT2D eigenvalue weighted by atomic mass is 9.74. The summed E-state index contributed by atoms with van der Waals surface area (Å²) in [6.45, 7) is 2.30. The summed E-state index contributed by atoms with van der Waals surface area (Å²) in [5, 5.41) is 10.8. The van der Waals surface area contributed by atoms with Crippen molar-refractivity contribution in [2.24, 2.45) is 16.9 Å². The maximum absolute atomic E-state index is 13.4. The maximum Gasteiger partial charge on any atom is 0.274 e. The third kappa shape index (κ3) is 3.47. The van der Waals surface area contributed by atoms with Gasteiger partial charge in [-0.25, -0.2) is 5.01 Å². The number of nitrogens with zero attached hydrogens (tertiary/aromatic N) is 3. The molecule has 6 heteroatoms. The Bertz CT molecular complexity index is 1060. The van der Waals surface area contributed by atoms with E-state index in [4.69, 9.17) is 5.10 Å². The van der Waals surface area contributed by atoms with Gasteiger partial charge in [0.05, 0.1) is 11.8 Å². The van der Waals surface area contributed by atoms with Crippen LogP contribution < -0.4 is 0 Å². The number of pyridine rings is 1. The van der Waals surface area contributed by atoms with Crippen LogP contribution in [0.25, 0.3) is 6.08 Å². The fourth-order valence-corrected chi connectivity index (χ4v) is 5.92. The second-order valence-electron chi connectivity index (χ2n) is 7.67. The Labute approximate surface area is 178 Å². The molecule has 4 nitrogen and oxygen atoms in total. The highest BCUT2D eigenvalue weighted by Gasteiger charge is 2.45. The number of hydrogen-bond acceptors (Lipinski definition) is 5. The van der Waals surface area contributed by atoms with Gasteiger partial charge in [-0.1, -0.05) is 19.1 Å². The van der Waals surface area contributed by atoms with Crippen molar-refractivity contribution in [2.75, 3.05) is 0 Å². The maximum atomic E-state index is 13.4. The van der Waals surface area contributed by atoms with E-state index in [0.29, 0.717) is 11.5 Å². The lowest BCUT2D eigenvalue weighted by Gasteiger charge is -2.31. The number of hydrogen-bond donors (Lipinski definition) is 0. The Morgan fingerprint density at radius 3 is 2.66 bits per heavy atom. The highest BCUT2D eigenvalue weighted by molar-refractivity contribution is 7.11. The zero-order valence-electron chi connectivity index (χ0n) is 16.1. The number of allylic oxidation sites excluding steroid dienone is 1. The predicted molar refractivity (Wildman–Crippen MR) is 119 cm³/mol. The largest absolute Gasteiger partial charge is 0.274 e. The summed E-state index contributed by atoms with van der Waals surface area (Å²) in [5.41, 5.74) is 2.97. The summed E-state index contributed by atoms with van der Waals surface area (Å²) in [6, 6.07) is 11.9. The molecule has 1 fully saturated rings. The molecule has 146 valence electrons. The number of hydrazone groups is 1. The van der Waals surface area contributed by atoms with Gasteiger partial charge in [-0.3, -0.25) is 9.78 Å². The van der Waals surface area contributed by atoms with Gasteiger partial charge in [0.15, 0.2) is 0 Å². The summed E-state index contributed by atoms with van der Waals surface area (Å²) in [7, 11) is 0. The first-order valence-corrected chi connectivity index (χ1v) is 11.6. The minimum absolute atomic E-state index is 0.0415. The zero-order chi connectivity index (χ0) is 19.8. The molecule has 29 heavy (non-hydrogen) atoms. The molecule has 0 bridgehead atoms. The van der Waals surface area contributed by atoms with Gasteiger partial charge in [-0.15, -0.1) is 22.7 Å². The number of fused-ring (bicyclic) bond motifs is 1. The molecular formula is C23H21N3OS2. The molecule has 1 aliphatic carbocycles. The van der Waals surface area contributed by atoms with Crippen molar-refractivity contribution >= 4 is 40.4 Å². The molecule has 3 atom stereocenters. The fourth-order valence-electron chi connectivity index (χ4n) is 4.37. The van der Waals surface area contributed by atoms with Crippen molar-refractivity contribution in [3.8, 4) is 0 Å². The van der Waals surface area contributed by atoms with Gasteiger partial charge in [0, 0.05) is 33.6 Å². The lowest BCUT2D eigenvalue weighted by molar-refractivity contribution is 0.0680. The third-order valence-electron chi connectivity index (χ3n) is 5.59. The summed E-state index contributed by atoms with van der Waals surface area (Å²) in [5.74, 6) is 0.730. The first-order chi connectivity index (χ1) is 14.2. The van der Waals surface area contributed by atoms with Gasteiger partial charge in [0.25, 0.3) is 5.91 Å². The van der Waals surface area contributed by atoms with E-state index in [9.17, 15) is 4.79 Å². The van der Waals surface area contributed by atoms with Crippen LogP contribution in [0, 0.1) is 11.8 Å². The van der Waals surface area contributed by atoms with Gasteiger partial charge in [-0.05, 0) is 65.4 Å². The van der Waals surface area contributed by atoms with Crippen molar-refractivity contribution in [1.29, 1.82) is 0 Å². The molecule has 5 rings (SSSR count). The van der Waals surface area contributed by atoms with Gasteiger partial charge in [0.2, 0.25) is 0 Å². The number of amides is 1. The molecule has 0 saturated heterocycles. The Hall–Kier alpha value is -2.57. The first-order valence-electron chi connectivity index (χ1n) is 9.80. The Morgan fingerprint density at radius 2 is 1.93 bits per heavy atom. The van der Waals surface area contributed by atoms with E-state index < -0.39 is 0 Å². The second kappa shape index (κ2) is 7.69. The van der Waals surface area contributed by atoms with Crippen molar-refractivity contribution in [3.05, 3.63) is 80.4 Å². The summed E-state index contributed by atoms with van der Waals surface area (Å²) in [6.07, 6.45) is 7.63. The van der Waals surface area contributed by atoms with E-state index in [1.165, 1.54) is 15.3 Å². The van der Waals surface area contributed by atoms with Crippen LogP contribution in [0.3, 0.4) is 0 Å². The van der Waals surface area contributed by atoms with E-state index in [1.807, 2.05) is 0 Å². The molecule has 1 saturated carbocycles. The van der Waals surface area contributed by atoms with Gasteiger partial charge < -0.3 is 0 Å². The zero-order valence-corrected chi connectivity index (χ0v) is 17.7. The standard InChI is InChI=1S/C23H21N3OS2/c1-15-12-17(14-18-4-2-10-28-18)21-19(13-15)22(20-5-3-11-29-20)26(25-21)23(27)16-6-8-24-9-7-16/h2-11,14-15,19,22H,12-13H2,1H3/b17-14+. The molecule has 3 unspecified atom stereocenters. The smallest absolute Gasteiger partial charge is 0.267 e. The van der Waals surface area contributed by atoms with Crippen LogP contribution in [0.2, 0.25) is 0 Å². The summed E-state index contributed by atoms with van der Waals surface area (Å²) >= 11 is 3.44. The number of thiophene rings is 2. The van der Waals surface area contributed by atoms with E-state index in [-0.39, 0.29) is 17.9 Å². The third-order valence-corrected chi connectivity index (χ3v) is 7.36. The monoisotopic (exact) mass is 419 g/mol. The van der Waals surface area contributed by atoms with Gasteiger partial charge in [0.1, 0.15) is 0 Å². The minimum atomic E-state index is -0.0594. The molecule has 0 radical (unpaired) electrons. The minimum Gasteiger partial charge on any atom is -0.267 e. The van der Waals surface area contributed by atoms with Crippen LogP contribution in [0.4, 0.5) is 0 Å². The number of aromatic nitrogens is 1. The Balaban J connectivity index is 1.59. The molecule has 4 heterocycles. The van der Waals surface area contributed by atoms with Crippen LogP contribution in [0.15, 0.2) is 70.2 Å². The average Bonchev–Trinajstić information content (AvgIpc) is 3.48. The SMILES string of the molecule is CC1C/C(=C\c2cccs2)C2=NN(C(=O)c3ccncc3)C(c3cccs3)C2C1. The van der Waals surface area contributed by atoms with Crippen LogP contribution >= 0.6 is 22.7 Å². The normalized spacial score (nSPS) is 25.1. The molecule has 1 aliphatic heterocycles. The van der Waals surface area contributed by atoms with Crippen LogP contribution in [0.1, 0.15) is 45.9 Å². The van der Waals surface area contributed by atoms with Gasteiger partial charge >= 0.3 is 0 Å². The highest BCUT2D eigenvalue weighted by atomic mass is 32.1. The van der Waals surface area contributed by atoms with Crippen LogP contribution in [-0.4, -0.2) is 21.6 Å². The van der Waals surface area contributed by atoms with Crippen molar-refractivity contribution < 1.29 is 4.79 Å². The highest BCUT2D eigenvalue weighted by Crippen LogP contribution is 2.47. The van der Waals surface area contributed by atoms with Crippen LogP contribution in [-0.2, 0) is 0 Å². The first kappa shape index (κ1) is 18.5. The van der Waals surface area contributed by atoms with E-state index in [1.54, 1.807) is 52.2 Å². The number of carbonyl (C=O) groups excluding carboxylic acids is 1.